The second kappa shape index (κ2) is 15.4. The molecule has 0 spiro atoms. The molecule has 0 amide bonds. The lowest BCUT2D eigenvalue weighted by Crippen LogP contribution is -2.16. The highest BCUT2D eigenvalue weighted by atomic mass is 15.1. The third kappa shape index (κ3) is 6.46. The van der Waals surface area contributed by atoms with Gasteiger partial charge in [0.2, 0.25) is 0 Å². The van der Waals surface area contributed by atoms with Crippen LogP contribution >= 0.6 is 0 Å². The topological polar surface area (TPSA) is 8.17 Å². The zero-order valence-electron chi connectivity index (χ0n) is 39.8. The molecule has 13 rings (SSSR count). The van der Waals surface area contributed by atoms with Crippen molar-refractivity contribution in [1.82, 2.24) is 4.57 Å². The molecule has 69 heavy (non-hydrogen) atoms. The van der Waals surface area contributed by atoms with E-state index in [1.807, 2.05) is 0 Å². The monoisotopic (exact) mass is 884 g/mol. The molecule has 2 aliphatic carbocycles. The molecule has 0 unspecified atom stereocenters. The van der Waals surface area contributed by atoms with E-state index in [0.29, 0.717) is 0 Å². The van der Waals surface area contributed by atoms with Crippen molar-refractivity contribution in [2.24, 2.45) is 0 Å². The van der Waals surface area contributed by atoms with Crippen LogP contribution in [0.5, 0.6) is 0 Å². The molecule has 0 N–H and O–H groups in total. The van der Waals surface area contributed by atoms with Gasteiger partial charge in [0, 0.05) is 44.4 Å². The average molecular weight is 885 g/mol. The number of hydrogen-bond donors (Lipinski definition) is 0. The minimum Gasteiger partial charge on any atom is -0.310 e. The summed E-state index contributed by atoms with van der Waals surface area (Å²) in [7, 11) is 0. The van der Waals surface area contributed by atoms with Gasteiger partial charge in [0.1, 0.15) is 0 Å². The van der Waals surface area contributed by atoms with Gasteiger partial charge in [-0.05, 0) is 170 Å². The highest BCUT2D eigenvalue weighted by Gasteiger charge is 2.37. The zero-order valence-corrected chi connectivity index (χ0v) is 39.8. The third-order valence-corrected chi connectivity index (χ3v) is 15.5. The van der Waals surface area contributed by atoms with Gasteiger partial charge in [0.15, 0.2) is 0 Å². The number of para-hydroxylation sites is 1. The normalized spacial score (nSPS) is 13.8. The SMILES string of the molecule is Cc1ccc2c(c1)c1cc(-c3ccc4c(c3)C(C)(C)c3cc(N(c5ccccc5)c5ccc(-c6ccc7c(c6)C(C)(C)c6ccccc6-7)cc5)ccc3-4)ccc1n2-c1ccc(-c2ccccc2)cc1. The van der Waals surface area contributed by atoms with Crippen LogP contribution in [0.3, 0.4) is 0 Å². The van der Waals surface area contributed by atoms with Crippen LogP contribution in [0.1, 0.15) is 55.5 Å². The number of nitrogens with zero attached hydrogens (tertiary/aromatic N) is 2. The Hall–Kier alpha value is -8.20. The second-order valence-electron chi connectivity index (χ2n) is 20.3. The van der Waals surface area contributed by atoms with Crippen LogP contribution in [0.2, 0.25) is 0 Å². The first-order valence-corrected chi connectivity index (χ1v) is 24.3. The minimum atomic E-state index is -0.215. The van der Waals surface area contributed by atoms with Crippen molar-refractivity contribution in [3.8, 4) is 61.3 Å². The molecule has 10 aromatic carbocycles. The van der Waals surface area contributed by atoms with E-state index in [1.165, 1.54) is 105 Å². The number of rotatable bonds is 7. The van der Waals surface area contributed by atoms with Gasteiger partial charge in [-0.3, -0.25) is 0 Å². The standard InChI is InChI=1S/C67H52N2/c1-43-20-36-64-58(38-43)59-39-47(27-37-65(59)69(64)52-30-21-45(22-31-52)44-14-8-6-9-15-44)49-26-34-56-57-35-32-53(42-63(57)67(4,5)62(56)41-49)68(50-16-10-7-11-17-50)51-28-23-46(24-29-51)48-25-33-55-54-18-12-13-19-60(54)66(2,3)61(55)40-48/h6-42H,1-5H3. The van der Waals surface area contributed by atoms with Gasteiger partial charge >= 0.3 is 0 Å². The van der Waals surface area contributed by atoms with Crippen molar-refractivity contribution >= 4 is 38.9 Å². The summed E-state index contributed by atoms with van der Waals surface area (Å²) in [6.45, 7) is 11.7. The molecule has 1 heterocycles. The molecular weight excluding hydrogens is 833 g/mol. The van der Waals surface area contributed by atoms with E-state index >= 15 is 0 Å². The van der Waals surface area contributed by atoms with Gasteiger partial charge in [-0.1, -0.05) is 173 Å². The molecular formula is C67H52N2. The maximum atomic E-state index is 2.45. The van der Waals surface area contributed by atoms with Gasteiger partial charge in [-0.15, -0.1) is 0 Å². The number of anilines is 3. The molecule has 0 radical (unpaired) electrons. The van der Waals surface area contributed by atoms with Gasteiger partial charge in [-0.25, -0.2) is 0 Å². The number of fused-ring (bicyclic) bond motifs is 9. The molecule has 0 bridgehead atoms. The zero-order chi connectivity index (χ0) is 46.6. The van der Waals surface area contributed by atoms with E-state index < -0.39 is 0 Å². The van der Waals surface area contributed by atoms with Gasteiger partial charge < -0.3 is 9.47 Å². The number of aromatic nitrogens is 1. The number of aryl methyl sites for hydroxylation is 1. The fraction of sp³-hybridized carbons (Fsp3) is 0.104. The Bertz CT molecular complexity index is 3810. The molecule has 11 aromatic rings. The Morgan fingerprint density at radius 2 is 0.754 bits per heavy atom. The van der Waals surface area contributed by atoms with Gasteiger partial charge in [0.05, 0.1) is 11.0 Å². The van der Waals surface area contributed by atoms with Crippen LogP contribution in [-0.4, -0.2) is 4.57 Å². The van der Waals surface area contributed by atoms with E-state index in [2.05, 4.69) is 269 Å². The Morgan fingerprint density at radius 3 is 1.45 bits per heavy atom. The van der Waals surface area contributed by atoms with E-state index in [4.69, 9.17) is 0 Å². The fourth-order valence-electron chi connectivity index (χ4n) is 11.8. The predicted molar refractivity (Wildman–Crippen MR) is 292 cm³/mol. The summed E-state index contributed by atoms with van der Waals surface area (Å²) in [6, 6.07) is 83.6. The number of benzene rings is 10. The Morgan fingerprint density at radius 1 is 0.319 bits per heavy atom. The van der Waals surface area contributed by atoms with E-state index in [9.17, 15) is 0 Å². The van der Waals surface area contributed by atoms with E-state index in [-0.39, 0.29) is 10.8 Å². The molecule has 2 heteroatoms. The summed E-state index contributed by atoms with van der Waals surface area (Å²) in [5, 5.41) is 2.54. The molecule has 0 saturated heterocycles. The largest absolute Gasteiger partial charge is 0.310 e. The first-order valence-electron chi connectivity index (χ1n) is 24.3. The summed E-state index contributed by atoms with van der Waals surface area (Å²) in [4.78, 5) is 2.40. The Labute approximate surface area is 405 Å². The Balaban J connectivity index is 0.839. The lowest BCUT2D eigenvalue weighted by Gasteiger charge is -2.28. The molecule has 1 aromatic heterocycles. The van der Waals surface area contributed by atoms with Crippen LogP contribution in [-0.2, 0) is 10.8 Å². The lowest BCUT2D eigenvalue weighted by atomic mass is 9.81. The summed E-state index contributed by atoms with van der Waals surface area (Å²) >= 11 is 0. The summed E-state index contributed by atoms with van der Waals surface area (Å²) in [5.41, 5.74) is 26.2. The molecule has 330 valence electrons. The quantitative estimate of drug-likeness (QED) is 0.155. The van der Waals surface area contributed by atoms with Crippen LogP contribution < -0.4 is 4.90 Å². The molecule has 2 nitrogen and oxygen atoms in total. The first-order chi connectivity index (χ1) is 33.6. The minimum absolute atomic E-state index is 0.0391. The predicted octanol–water partition coefficient (Wildman–Crippen LogP) is 18.2. The smallest absolute Gasteiger partial charge is 0.0541 e. The van der Waals surface area contributed by atoms with E-state index in [0.717, 1.165) is 22.7 Å². The highest BCUT2D eigenvalue weighted by Crippen LogP contribution is 2.53. The highest BCUT2D eigenvalue weighted by molar-refractivity contribution is 6.11. The van der Waals surface area contributed by atoms with E-state index in [1.54, 1.807) is 0 Å². The van der Waals surface area contributed by atoms with Crippen molar-refractivity contribution in [3.05, 3.63) is 252 Å². The van der Waals surface area contributed by atoms with Crippen molar-refractivity contribution in [2.75, 3.05) is 4.90 Å². The molecule has 0 fully saturated rings. The molecule has 2 aliphatic rings. The first kappa shape index (κ1) is 41.0. The van der Waals surface area contributed by atoms with Crippen molar-refractivity contribution < 1.29 is 0 Å². The van der Waals surface area contributed by atoms with Crippen LogP contribution in [0.25, 0.3) is 83.1 Å². The number of hydrogen-bond acceptors (Lipinski definition) is 1. The van der Waals surface area contributed by atoms with Crippen LogP contribution in [0.4, 0.5) is 17.1 Å². The summed E-state index contributed by atoms with van der Waals surface area (Å²) in [5.74, 6) is 0. The Kier molecular flexibility index (Phi) is 9.17. The lowest BCUT2D eigenvalue weighted by molar-refractivity contribution is 0.660. The third-order valence-electron chi connectivity index (χ3n) is 15.5. The van der Waals surface area contributed by atoms with Crippen LogP contribution in [0.15, 0.2) is 224 Å². The summed E-state index contributed by atoms with van der Waals surface area (Å²) in [6.07, 6.45) is 0. The van der Waals surface area contributed by atoms with Gasteiger partial charge in [-0.2, -0.15) is 0 Å². The fourth-order valence-corrected chi connectivity index (χ4v) is 11.8. The average Bonchev–Trinajstić information content (AvgIpc) is 3.92. The van der Waals surface area contributed by atoms with Crippen molar-refractivity contribution in [3.63, 3.8) is 0 Å². The molecule has 0 saturated carbocycles. The molecule has 0 aliphatic heterocycles. The second-order valence-corrected chi connectivity index (χ2v) is 20.3. The van der Waals surface area contributed by atoms with Crippen molar-refractivity contribution in [2.45, 2.75) is 45.4 Å². The van der Waals surface area contributed by atoms with Crippen LogP contribution in [0, 0.1) is 6.92 Å². The molecule has 0 atom stereocenters. The summed E-state index contributed by atoms with van der Waals surface area (Å²) < 4.78 is 2.42. The van der Waals surface area contributed by atoms with Crippen molar-refractivity contribution in [1.29, 1.82) is 0 Å². The maximum Gasteiger partial charge on any atom is 0.0541 e. The maximum absolute atomic E-state index is 2.45. The van der Waals surface area contributed by atoms with Gasteiger partial charge in [0.25, 0.3) is 0 Å².